The summed E-state index contributed by atoms with van der Waals surface area (Å²) in [5.41, 5.74) is 4.43. The van der Waals surface area contributed by atoms with Crippen molar-refractivity contribution >= 4 is 27.6 Å². The summed E-state index contributed by atoms with van der Waals surface area (Å²) in [5, 5.41) is 22.8. The molecule has 0 amide bonds. The van der Waals surface area contributed by atoms with Gasteiger partial charge >= 0.3 is 0 Å². The zero-order chi connectivity index (χ0) is 20.9. The van der Waals surface area contributed by atoms with Crippen molar-refractivity contribution in [2.75, 3.05) is 17.3 Å². The first-order valence-electron chi connectivity index (χ1n) is 8.45. The summed E-state index contributed by atoms with van der Waals surface area (Å²) in [6.07, 6.45) is 1.47. The molecule has 4 N–H and O–H groups in total. The molecule has 0 aliphatic heterocycles. The van der Waals surface area contributed by atoms with Crippen molar-refractivity contribution in [3.05, 3.63) is 72.3 Å². The van der Waals surface area contributed by atoms with Gasteiger partial charge in [-0.05, 0) is 72.3 Å². The van der Waals surface area contributed by atoms with E-state index in [1.54, 1.807) is 42.5 Å². The molecule has 0 aliphatic carbocycles. The molecule has 3 aromatic carbocycles. The van der Waals surface area contributed by atoms with Crippen LogP contribution in [0, 0.1) is 0 Å². The van der Waals surface area contributed by atoms with Gasteiger partial charge in [-0.25, -0.2) is 8.42 Å². The number of nitrogens with one attached hydrogen (secondary N) is 2. The summed E-state index contributed by atoms with van der Waals surface area (Å²) < 4.78 is 32.4. The van der Waals surface area contributed by atoms with Crippen molar-refractivity contribution in [1.82, 2.24) is 0 Å². The Morgan fingerprint density at radius 2 is 1.55 bits per heavy atom. The molecule has 0 aromatic heterocycles. The van der Waals surface area contributed by atoms with Crippen LogP contribution in [0.4, 0.5) is 11.4 Å². The standard InChI is InChI=1S/C20H19N3O5S/c1-28-17-7-9-18(10-8-17)29(26,27)23-16-5-3-15(4-6-16)22-21-13-14-2-11-19(24)20(25)12-14/h2-13,22-25H,1H3/b21-13+. The van der Waals surface area contributed by atoms with Crippen molar-refractivity contribution in [2.24, 2.45) is 5.10 Å². The SMILES string of the molecule is COc1ccc(S(=O)(=O)Nc2ccc(N/N=C/c3ccc(O)c(O)c3)cc2)cc1. The molecule has 0 atom stereocenters. The lowest BCUT2D eigenvalue weighted by Gasteiger charge is -2.09. The maximum atomic E-state index is 12.4. The van der Waals surface area contributed by atoms with E-state index in [2.05, 4.69) is 15.2 Å². The molecule has 150 valence electrons. The summed E-state index contributed by atoms with van der Waals surface area (Å²) in [6.45, 7) is 0. The quantitative estimate of drug-likeness (QED) is 0.268. The summed E-state index contributed by atoms with van der Waals surface area (Å²) in [6, 6.07) is 16.9. The molecular weight excluding hydrogens is 394 g/mol. The van der Waals surface area contributed by atoms with E-state index in [0.29, 0.717) is 22.7 Å². The summed E-state index contributed by atoms with van der Waals surface area (Å²) in [7, 11) is -2.20. The van der Waals surface area contributed by atoms with Gasteiger partial charge in [-0.15, -0.1) is 0 Å². The number of aromatic hydroxyl groups is 2. The van der Waals surface area contributed by atoms with E-state index in [4.69, 9.17) is 4.74 Å². The van der Waals surface area contributed by atoms with Crippen LogP contribution >= 0.6 is 0 Å². The van der Waals surface area contributed by atoms with Crippen LogP contribution in [0.15, 0.2) is 76.7 Å². The van der Waals surface area contributed by atoms with Crippen LogP contribution in [0.5, 0.6) is 17.2 Å². The van der Waals surface area contributed by atoms with E-state index in [1.165, 1.54) is 37.6 Å². The highest BCUT2D eigenvalue weighted by atomic mass is 32.2. The Balaban J connectivity index is 1.63. The second-order valence-corrected chi connectivity index (χ2v) is 7.66. The molecule has 0 heterocycles. The average molecular weight is 413 g/mol. The van der Waals surface area contributed by atoms with Gasteiger partial charge < -0.3 is 14.9 Å². The molecule has 0 radical (unpaired) electrons. The maximum Gasteiger partial charge on any atom is 0.261 e. The van der Waals surface area contributed by atoms with Crippen LogP contribution in [-0.4, -0.2) is 32.0 Å². The maximum absolute atomic E-state index is 12.4. The Morgan fingerprint density at radius 1 is 0.897 bits per heavy atom. The number of benzene rings is 3. The molecular formula is C20H19N3O5S. The molecule has 9 heteroatoms. The largest absolute Gasteiger partial charge is 0.504 e. The normalized spacial score (nSPS) is 11.3. The number of phenolic OH excluding ortho intramolecular Hbond substituents is 2. The zero-order valence-electron chi connectivity index (χ0n) is 15.4. The predicted octanol–water partition coefficient (Wildman–Crippen LogP) is 3.35. The van der Waals surface area contributed by atoms with Crippen LogP contribution in [0.25, 0.3) is 0 Å². The third-order valence-corrected chi connectivity index (χ3v) is 5.31. The minimum atomic E-state index is -3.71. The van der Waals surface area contributed by atoms with Gasteiger partial charge in [-0.2, -0.15) is 5.10 Å². The topological polar surface area (TPSA) is 120 Å². The Kier molecular flexibility index (Phi) is 5.89. The highest BCUT2D eigenvalue weighted by Crippen LogP contribution is 2.24. The van der Waals surface area contributed by atoms with E-state index in [0.717, 1.165) is 0 Å². The van der Waals surface area contributed by atoms with Gasteiger partial charge in [0.2, 0.25) is 0 Å². The van der Waals surface area contributed by atoms with Crippen molar-refractivity contribution in [3.63, 3.8) is 0 Å². The lowest BCUT2D eigenvalue weighted by atomic mass is 10.2. The van der Waals surface area contributed by atoms with E-state index in [9.17, 15) is 18.6 Å². The number of methoxy groups -OCH3 is 1. The van der Waals surface area contributed by atoms with Crippen LogP contribution in [-0.2, 0) is 10.0 Å². The van der Waals surface area contributed by atoms with Crippen molar-refractivity contribution < 1.29 is 23.4 Å². The number of anilines is 2. The molecule has 0 bridgehead atoms. The molecule has 0 unspecified atom stereocenters. The van der Waals surface area contributed by atoms with Crippen molar-refractivity contribution in [2.45, 2.75) is 4.90 Å². The molecule has 0 saturated carbocycles. The van der Waals surface area contributed by atoms with Gasteiger partial charge in [0, 0.05) is 5.69 Å². The number of ether oxygens (including phenoxy) is 1. The summed E-state index contributed by atoms with van der Waals surface area (Å²) >= 11 is 0. The number of hydrogen-bond acceptors (Lipinski definition) is 7. The van der Waals surface area contributed by atoms with Gasteiger partial charge in [-0.1, -0.05) is 0 Å². The molecule has 0 saturated heterocycles. The minimum absolute atomic E-state index is 0.127. The Labute approximate surface area is 168 Å². The third kappa shape index (κ3) is 5.17. The number of nitrogens with zero attached hydrogens (tertiary/aromatic N) is 1. The molecule has 0 spiro atoms. The molecule has 8 nitrogen and oxygen atoms in total. The molecule has 3 rings (SSSR count). The fourth-order valence-corrected chi connectivity index (χ4v) is 3.44. The van der Waals surface area contributed by atoms with Crippen LogP contribution < -0.4 is 14.9 Å². The first-order valence-corrected chi connectivity index (χ1v) is 9.94. The van der Waals surface area contributed by atoms with Crippen molar-refractivity contribution in [3.8, 4) is 17.2 Å². The fraction of sp³-hybridized carbons (Fsp3) is 0.0500. The average Bonchev–Trinajstić information content (AvgIpc) is 2.72. The Bertz CT molecular complexity index is 1110. The van der Waals surface area contributed by atoms with Crippen LogP contribution in [0.1, 0.15) is 5.56 Å². The molecule has 0 aliphatic rings. The smallest absolute Gasteiger partial charge is 0.261 e. The second-order valence-electron chi connectivity index (χ2n) is 5.98. The highest BCUT2D eigenvalue weighted by molar-refractivity contribution is 7.92. The first kappa shape index (κ1) is 20.0. The molecule has 0 fully saturated rings. The lowest BCUT2D eigenvalue weighted by molar-refractivity contribution is 0.403. The van der Waals surface area contributed by atoms with E-state index in [-0.39, 0.29) is 16.4 Å². The van der Waals surface area contributed by atoms with Gasteiger partial charge in [0.05, 0.1) is 23.9 Å². The Morgan fingerprint density at radius 3 is 2.17 bits per heavy atom. The molecule has 3 aromatic rings. The zero-order valence-corrected chi connectivity index (χ0v) is 16.2. The second kappa shape index (κ2) is 8.53. The van der Waals surface area contributed by atoms with E-state index >= 15 is 0 Å². The number of hydrazone groups is 1. The molecule has 29 heavy (non-hydrogen) atoms. The van der Waals surface area contributed by atoms with Gasteiger partial charge in [0.25, 0.3) is 10.0 Å². The monoisotopic (exact) mass is 413 g/mol. The predicted molar refractivity (Wildman–Crippen MR) is 111 cm³/mol. The van der Waals surface area contributed by atoms with E-state index in [1.807, 2.05) is 0 Å². The third-order valence-electron chi connectivity index (χ3n) is 3.91. The van der Waals surface area contributed by atoms with Gasteiger partial charge in [0.15, 0.2) is 11.5 Å². The summed E-state index contributed by atoms with van der Waals surface area (Å²) in [4.78, 5) is 0.127. The number of phenols is 2. The number of rotatable bonds is 7. The van der Waals surface area contributed by atoms with Crippen molar-refractivity contribution in [1.29, 1.82) is 0 Å². The highest BCUT2D eigenvalue weighted by Gasteiger charge is 2.14. The lowest BCUT2D eigenvalue weighted by Crippen LogP contribution is -2.12. The van der Waals surface area contributed by atoms with Gasteiger partial charge in [0.1, 0.15) is 5.75 Å². The first-order chi connectivity index (χ1) is 13.9. The van der Waals surface area contributed by atoms with Crippen LogP contribution in [0.3, 0.4) is 0 Å². The number of sulfonamides is 1. The fourth-order valence-electron chi connectivity index (χ4n) is 2.38. The minimum Gasteiger partial charge on any atom is -0.504 e. The summed E-state index contributed by atoms with van der Waals surface area (Å²) in [5.74, 6) is 0.132. The Hall–Kier alpha value is -3.72. The number of hydrogen-bond donors (Lipinski definition) is 4. The van der Waals surface area contributed by atoms with E-state index < -0.39 is 10.0 Å². The van der Waals surface area contributed by atoms with Crippen LogP contribution in [0.2, 0.25) is 0 Å². The van der Waals surface area contributed by atoms with Gasteiger partial charge in [-0.3, -0.25) is 10.1 Å².